The number of aromatic nitrogens is 5. The third kappa shape index (κ3) is 3.96. The molecular weight excluding hydrogens is 405 g/mol. The molecule has 0 spiro atoms. The van der Waals surface area contributed by atoms with Gasteiger partial charge in [-0.25, -0.2) is 18.7 Å². The first kappa shape index (κ1) is 19.4. The van der Waals surface area contributed by atoms with Crippen LogP contribution in [-0.4, -0.2) is 55.8 Å². The van der Waals surface area contributed by atoms with E-state index in [0.717, 1.165) is 0 Å². The van der Waals surface area contributed by atoms with Crippen LogP contribution in [0.4, 0.5) is 20.8 Å². The number of anilines is 2. The summed E-state index contributed by atoms with van der Waals surface area (Å²) < 4.78 is 26.9. The number of fused-ring (bicyclic) bond motifs is 1. The molecule has 29 heavy (non-hydrogen) atoms. The maximum absolute atomic E-state index is 14.8. The second kappa shape index (κ2) is 7.84. The van der Waals surface area contributed by atoms with E-state index in [1.807, 2.05) is 0 Å². The Kier molecular flexibility index (Phi) is 5.24. The maximum atomic E-state index is 14.8. The number of H-pyrrole nitrogens is 1. The summed E-state index contributed by atoms with van der Waals surface area (Å²) in [6.45, 7) is 3.52. The number of aromatic amines is 1. The van der Waals surface area contributed by atoms with Crippen LogP contribution in [0.3, 0.4) is 0 Å². The van der Waals surface area contributed by atoms with E-state index >= 15 is 0 Å². The van der Waals surface area contributed by atoms with Crippen LogP contribution in [0.2, 0.25) is 5.02 Å². The zero-order chi connectivity index (χ0) is 20.5. The highest BCUT2D eigenvalue weighted by Gasteiger charge is 2.42. The van der Waals surface area contributed by atoms with Gasteiger partial charge in [-0.05, 0) is 13.8 Å². The minimum atomic E-state index is -1.54. The average molecular weight is 424 g/mol. The normalized spacial score (nSPS) is 21.6. The molecule has 0 radical (unpaired) electrons. The maximum Gasteiger partial charge on any atom is 0.407 e. The number of alkyl carbamates (subject to hydrolysis) is 1. The largest absolute Gasteiger partial charge is 0.441 e. The number of carbonyl (C=O) groups is 1. The van der Waals surface area contributed by atoms with Gasteiger partial charge in [0.05, 0.1) is 23.5 Å². The zero-order valence-corrected chi connectivity index (χ0v) is 16.4. The van der Waals surface area contributed by atoms with E-state index in [0.29, 0.717) is 27.9 Å². The Balaban J connectivity index is 1.45. The highest BCUT2D eigenvalue weighted by Crippen LogP contribution is 2.34. The van der Waals surface area contributed by atoms with Gasteiger partial charge in [0.15, 0.2) is 23.9 Å². The smallest absolute Gasteiger partial charge is 0.407 e. The van der Waals surface area contributed by atoms with Crippen molar-refractivity contribution >= 4 is 34.8 Å². The van der Waals surface area contributed by atoms with Crippen molar-refractivity contribution in [3.8, 4) is 0 Å². The molecule has 0 aromatic carbocycles. The van der Waals surface area contributed by atoms with Crippen LogP contribution >= 0.6 is 11.6 Å². The molecule has 0 bridgehead atoms. The first-order valence-electron chi connectivity index (χ1n) is 8.95. The quantitative estimate of drug-likeness (QED) is 0.577. The second-order valence-corrected chi connectivity index (χ2v) is 7.24. The van der Waals surface area contributed by atoms with Crippen molar-refractivity contribution in [2.24, 2.45) is 0 Å². The van der Waals surface area contributed by atoms with E-state index in [1.54, 1.807) is 36.8 Å². The number of ether oxygens (including phenoxy) is 2. The molecule has 3 aromatic heterocycles. The van der Waals surface area contributed by atoms with Crippen LogP contribution in [0.25, 0.3) is 5.52 Å². The van der Waals surface area contributed by atoms with E-state index in [-0.39, 0.29) is 12.6 Å². The number of hydrogen-bond donors (Lipinski definition) is 3. The van der Waals surface area contributed by atoms with E-state index in [9.17, 15) is 9.18 Å². The lowest BCUT2D eigenvalue weighted by Gasteiger charge is -2.16. The van der Waals surface area contributed by atoms with Crippen LogP contribution in [0.15, 0.2) is 24.7 Å². The van der Waals surface area contributed by atoms with E-state index in [4.69, 9.17) is 21.1 Å². The Hall–Kier alpha value is -2.92. The first-order valence-corrected chi connectivity index (χ1v) is 9.33. The molecule has 10 nitrogen and oxygen atoms in total. The molecule has 154 valence electrons. The van der Waals surface area contributed by atoms with Gasteiger partial charge in [-0.3, -0.25) is 5.10 Å². The zero-order valence-electron chi connectivity index (χ0n) is 15.6. The van der Waals surface area contributed by atoms with Gasteiger partial charge in [-0.2, -0.15) is 10.2 Å². The van der Waals surface area contributed by atoms with Crippen molar-refractivity contribution in [1.29, 1.82) is 0 Å². The van der Waals surface area contributed by atoms with Gasteiger partial charge in [0, 0.05) is 24.5 Å². The summed E-state index contributed by atoms with van der Waals surface area (Å²) in [5.41, 5.74) is 0.991. The topological polar surface area (TPSA) is 118 Å². The number of rotatable bonds is 5. The molecule has 3 aromatic rings. The summed E-state index contributed by atoms with van der Waals surface area (Å²) in [6.07, 6.45) is 0.589. The molecule has 1 aliphatic rings. The molecule has 0 aliphatic carbocycles. The molecule has 4 heterocycles. The molecule has 1 aliphatic heterocycles. The van der Waals surface area contributed by atoms with E-state index in [2.05, 4.69) is 30.9 Å². The van der Waals surface area contributed by atoms with E-state index in [1.165, 1.54) is 6.20 Å². The number of alkyl halides is 1. The van der Waals surface area contributed by atoms with Crippen LogP contribution in [-0.2, 0) is 9.47 Å². The predicted molar refractivity (Wildman–Crippen MR) is 102 cm³/mol. The number of nitrogens with zero attached hydrogens (tertiary/aromatic N) is 4. The van der Waals surface area contributed by atoms with Crippen molar-refractivity contribution in [2.45, 2.75) is 38.3 Å². The molecule has 1 saturated heterocycles. The summed E-state index contributed by atoms with van der Waals surface area (Å²) in [7, 11) is 0. The summed E-state index contributed by atoms with van der Waals surface area (Å²) in [5, 5.41) is 17.0. The molecule has 4 rings (SSSR count). The Bertz CT molecular complexity index is 1020. The third-order valence-corrected chi connectivity index (χ3v) is 4.56. The van der Waals surface area contributed by atoms with Crippen LogP contribution < -0.4 is 10.6 Å². The monoisotopic (exact) mass is 423 g/mol. The molecule has 3 atom stereocenters. The minimum absolute atomic E-state index is 0.0502. The highest BCUT2D eigenvalue weighted by atomic mass is 35.5. The van der Waals surface area contributed by atoms with Crippen molar-refractivity contribution in [1.82, 2.24) is 30.1 Å². The van der Waals surface area contributed by atoms with Crippen LogP contribution in [0.5, 0.6) is 0 Å². The molecule has 3 N–H and O–H groups in total. The Labute approximate surface area is 169 Å². The number of nitrogens with one attached hydrogen (secondary N) is 3. The first-order chi connectivity index (χ1) is 13.9. The average Bonchev–Trinajstić information content (AvgIpc) is 3.36. The standard InChI is InChI=1S/C17H19ClFN7O3/c1-8(2)22-17(27)29-11-7-28-15(13(11)19)10-5-12(25-24-10)23-16-14-9(18)6-21-26(14)4-3-20-16/h3-6,8,11,13,15H,7H2,1-2H3,(H,22,27)(H2,20,23,24,25)/t11-,13+,15-/m1/s1. The van der Waals surface area contributed by atoms with Crippen LogP contribution in [0, 0.1) is 0 Å². The van der Waals surface area contributed by atoms with Crippen molar-refractivity contribution in [2.75, 3.05) is 11.9 Å². The van der Waals surface area contributed by atoms with Crippen molar-refractivity contribution in [3.63, 3.8) is 0 Å². The Morgan fingerprint density at radius 1 is 1.52 bits per heavy atom. The second-order valence-electron chi connectivity index (χ2n) is 6.84. The fourth-order valence-electron chi connectivity index (χ4n) is 3.01. The summed E-state index contributed by atoms with van der Waals surface area (Å²) in [5.74, 6) is 0.847. The number of halogens is 2. The van der Waals surface area contributed by atoms with Gasteiger partial charge in [0.1, 0.15) is 11.6 Å². The van der Waals surface area contributed by atoms with Crippen molar-refractivity contribution in [3.05, 3.63) is 35.4 Å². The molecule has 0 unspecified atom stereocenters. The van der Waals surface area contributed by atoms with Gasteiger partial charge in [-0.15, -0.1) is 0 Å². The lowest BCUT2D eigenvalue weighted by atomic mass is 10.1. The fourth-order valence-corrected chi connectivity index (χ4v) is 3.23. The summed E-state index contributed by atoms with van der Waals surface area (Å²) in [6, 6.07) is 1.49. The third-order valence-electron chi connectivity index (χ3n) is 4.29. The fraction of sp³-hybridized carbons (Fsp3) is 0.412. The molecule has 1 amide bonds. The Morgan fingerprint density at radius 3 is 3.14 bits per heavy atom. The van der Waals surface area contributed by atoms with Gasteiger partial charge < -0.3 is 20.1 Å². The summed E-state index contributed by atoms with van der Waals surface area (Å²) >= 11 is 6.15. The highest BCUT2D eigenvalue weighted by molar-refractivity contribution is 6.34. The van der Waals surface area contributed by atoms with Gasteiger partial charge >= 0.3 is 6.09 Å². The summed E-state index contributed by atoms with van der Waals surface area (Å²) in [4.78, 5) is 16.0. The molecule has 1 fully saturated rings. The van der Waals surface area contributed by atoms with Gasteiger partial charge in [0.2, 0.25) is 0 Å². The number of amides is 1. The molecular formula is C17H19ClFN7O3. The molecule has 0 saturated carbocycles. The van der Waals surface area contributed by atoms with Gasteiger partial charge in [0.25, 0.3) is 0 Å². The van der Waals surface area contributed by atoms with E-state index < -0.39 is 24.5 Å². The minimum Gasteiger partial charge on any atom is -0.441 e. The number of hydrogen-bond acceptors (Lipinski definition) is 7. The Morgan fingerprint density at radius 2 is 2.34 bits per heavy atom. The molecule has 12 heteroatoms. The lowest BCUT2D eigenvalue weighted by molar-refractivity contribution is 0.0615. The number of carbonyl (C=O) groups excluding carboxylic acids is 1. The lowest BCUT2D eigenvalue weighted by Crippen LogP contribution is -2.36. The SMILES string of the molecule is CC(C)NC(=O)O[C@@H]1CO[C@H](c2cc(Nc3nccn4ncc(Cl)c34)n[nH]2)[C@H]1F. The predicted octanol–water partition coefficient (Wildman–Crippen LogP) is 2.76. The van der Waals surface area contributed by atoms with Gasteiger partial charge in [-0.1, -0.05) is 11.6 Å². The van der Waals surface area contributed by atoms with Crippen molar-refractivity contribution < 1.29 is 18.7 Å². The van der Waals surface area contributed by atoms with Crippen LogP contribution in [0.1, 0.15) is 25.6 Å².